The number of hydrogen-bond donors (Lipinski definition) is 1. The minimum Gasteiger partial charge on any atom is -0.384 e. The molecule has 0 bridgehead atoms. The molecule has 0 aliphatic carbocycles. The summed E-state index contributed by atoms with van der Waals surface area (Å²) in [7, 11) is 1.95. The number of pyridine rings is 1. The molecule has 0 aromatic carbocycles. The molecule has 2 N–H and O–H groups in total. The number of nitrogen functional groups attached to an aromatic ring is 1. The number of hydrogen-bond acceptors (Lipinski definition) is 6. The Hall–Kier alpha value is -2.96. The average Bonchev–Trinajstić information content (AvgIpc) is 3.26. The molecule has 1 unspecified atom stereocenters. The predicted molar refractivity (Wildman–Crippen MR) is 96.9 cm³/mol. The molecule has 1 atom stereocenters. The first kappa shape index (κ1) is 15.6. The topological polar surface area (TPSA) is 85.8 Å². The third-order valence-corrected chi connectivity index (χ3v) is 4.68. The molecule has 0 spiro atoms. The van der Waals surface area contributed by atoms with E-state index in [1.807, 2.05) is 42.2 Å². The van der Waals surface area contributed by atoms with Gasteiger partial charge in [-0.25, -0.2) is 9.97 Å². The second-order valence-corrected chi connectivity index (χ2v) is 6.53. The third kappa shape index (κ3) is 3.31. The Balaban J connectivity index is 1.41. The van der Waals surface area contributed by atoms with Crippen molar-refractivity contribution < 1.29 is 0 Å². The molecule has 3 aromatic rings. The Labute approximate surface area is 146 Å². The number of imidazole rings is 1. The highest BCUT2D eigenvalue weighted by Gasteiger charge is 2.24. The number of nitrogens with zero attached hydrogens (tertiary/aromatic N) is 6. The Morgan fingerprint density at radius 3 is 2.76 bits per heavy atom. The molecule has 1 aliphatic rings. The molecule has 0 radical (unpaired) electrons. The normalized spacial score (nSPS) is 17.2. The van der Waals surface area contributed by atoms with Crippen LogP contribution >= 0.6 is 0 Å². The van der Waals surface area contributed by atoms with Gasteiger partial charge in [-0.3, -0.25) is 0 Å². The highest BCUT2D eigenvalue weighted by molar-refractivity contribution is 5.52. The smallest absolute Gasteiger partial charge is 0.160 e. The molecule has 7 heteroatoms. The van der Waals surface area contributed by atoms with Crippen LogP contribution in [-0.4, -0.2) is 37.8 Å². The first-order chi connectivity index (χ1) is 12.2. The van der Waals surface area contributed by atoms with E-state index in [0.717, 1.165) is 43.3 Å². The van der Waals surface area contributed by atoms with Gasteiger partial charge in [0, 0.05) is 38.7 Å². The van der Waals surface area contributed by atoms with Crippen LogP contribution in [-0.2, 0) is 13.5 Å². The van der Waals surface area contributed by atoms with Crippen LogP contribution in [0.15, 0.2) is 42.9 Å². The third-order valence-electron chi connectivity index (χ3n) is 4.68. The summed E-state index contributed by atoms with van der Waals surface area (Å²) in [6.07, 6.45) is 7.71. The highest BCUT2D eigenvalue weighted by atomic mass is 15.3. The van der Waals surface area contributed by atoms with Crippen molar-refractivity contribution in [1.82, 2.24) is 24.7 Å². The van der Waals surface area contributed by atoms with E-state index >= 15 is 0 Å². The number of rotatable bonds is 4. The van der Waals surface area contributed by atoms with Gasteiger partial charge in [-0.15, -0.1) is 10.2 Å². The van der Waals surface area contributed by atoms with E-state index in [2.05, 4.69) is 31.1 Å². The largest absolute Gasteiger partial charge is 0.384 e. The molecule has 128 valence electrons. The van der Waals surface area contributed by atoms with Crippen molar-refractivity contribution in [2.24, 2.45) is 13.0 Å². The molecule has 25 heavy (non-hydrogen) atoms. The summed E-state index contributed by atoms with van der Waals surface area (Å²) in [5.74, 6) is 2.92. The van der Waals surface area contributed by atoms with Gasteiger partial charge < -0.3 is 15.2 Å². The lowest BCUT2D eigenvalue weighted by molar-refractivity contribution is 0.585. The number of nitrogens with two attached hydrogens (primary N) is 1. The molecule has 4 heterocycles. The van der Waals surface area contributed by atoms with Crippen LogP contribution in [0.4, 0.5) is 11.6 Å². The van der Waals surface area contributed by atoms with E-state index in [1.165, 1.54) is 5.56 Å². The summed E-state index contributed by atoms with van der Waals surface area (Å²) in [6, 6.07) is 7.95. The second kappa shape index (κ2) is 6.51. The second-order valence-electron chi connectivity index (χ2n) is 6.53. The molecule has 0 amide bonds. The zero-order chi connectivity index (χ0) is 17.2. The summed E-state index contributed by atoms with van der Waals surface area (Å²) in [4.78, 5) is 10.8. The maximum absolute atomic E-state index is 5.65. The van der Waals surface area contributed by atoms with Crippen LogP contribution < -0.4 is 10.6 Å². The van der Waals surface area contributed by atoms with Crippen molar-refractivity contribution in [2.45, 2.75) is 12.8 Å². The van der Waals surface area contributed by atoms with Gasteiger partial charge in [0.1, 0.15) is 11.5 Å². The maximum Gasteiger partial charge on any atom is 0.160 e. The SMILES string of the molecule is Cn1ccnc1-c1ccc(N2CCC(Cc3ccc(N)nc3)C2)nn1. The molecular formula is C18H21N7. The monoisotopic (exact) mass is 335 g/mol. The van der Waals surface area contributed by atoms with E-state index in [9.17, 15) is 0 Å². The lowest BCUT2D eigenvalue weighted by Crippen LogP contribution is -2.21. The van der Waals surface area contributed by atoms with E-state index in [4.69, 9.17) is 5.73 Å². The van der Waals surface area contributed by atoms with Crippen LogP contribution in [0.5, 0.6) is 0 Å². The van der Waals surface area contributed by atoms with Crippen molar-refractivity contribution in [1.29, 1.82) is 0 Å². The summed E-state index contributed by atoms with van der Waals surface area (Å²) in [5, 5.41) is 8.75. The number of aryl methyl sites for hydroxylation is 1. The fraction of sp³-hybridized carbons (Fsp3) is 0.333. The number of aromatic nitrogens is 5. The minimum absolute atomic E-state index is 0.569. The highest BCUT2D eigenvalue weighted by Crippen LogP contribution is 2.25. The molecule has 4 rings (SSSR count). The van der Waals surface area contributed by atoms with Crippen LogP contribution in [0.2, 0.25) is 0 Å². The standard InChI is InChI=1S/C18H21N7/c1-24-9-7-20-18(24)15-3-5-17(23-22-15)25-8-6-14(12-25)10-13-2-4-16(19)21-11-13/h2-5,7,9,11,14H,6,8,10,12H2,1H3,(H2,19,21). The van der Waals surface area contributed by atoms with Crippen LogP contribution in [0, 0.1) is 5.92 Å². The van der Waals surface area contributed by atoms with Gasteiger partial charge in [0.25, 0.3) is 0 Å². The van der Waals surface area contributed by atoms with Gasteiger partial charge >= 0.3 is 0 Å². The van der Waals surface area contributed by atoms with Gasteiger partial charge in [0.15, 0.2) is 11.6 Å². The summed E-state index contributed by atoms with van der Waals surface area (Å²) < 4.78 is 1.94. The number of anilines is 2. The van der Waals surface area contributed by atoms with E-state index in [0.29, 0.717) is 11.7 Å². The summed E-state index contributed by atoms with van der Waals surface area (Å²) >= 11 is 0. The van der Waals surface area contributed by atoms with Crippen LogP contribution in [0.1, 0.15) is 12.0 Å². The predicted octanol–water partition coefficient (Wildman–Crippen LogP) is 1.92. The molecule has 0 saturated carbocycles. The molecule has 1 fully saturated rings. The van der Waals surface area contributed by atoms with E-state index in [1.54, 1.807) is 6.20 Å². The summed E-state index contributed by atoms with van der Waals surface area (Å²) in [6.45, 7) is 1.99. The Bertz CT molecular complexity index is 839. The summed E-state index contributed by atoms with van der Waals surface area (Å²) in [5.41, 5.74) is 7.67. The first-order valence-corrected chi connectivity index (χ1v) is 8.46. The quantitative estimate of drug-likeness (QED) is 0.784. The Kier molecular flexibility index (Phi) is 4.05. The van der Waals surface area contributed by atoms with Crippen LogP contribution in [0.3, 0.4) is 0 Å². The minimum atomic E-state index is 0.569. The lowest BCUT2D eigenvalue weighted by atomic mass is 10.00. The van der Waals surface area contributed by atoms with Crippen molar-refractivity contribution in [3.05, 3.63) is 48.4 Å². The van der Waals surface area contributed by atoms with E-state index < -0.39 is 0 Å². The van der Waals surface area contributed by atoms with Crippen molar-refractivity contribution in [3.63, 3.8) is 0 Å². The van der Waals surface area contributed by atoms with Crippen LogP contribution in [0.25, 0.3) is 11.5 Å². The molecule has 3 aromatic heterocycles. The first-order valence-electron chi connectivity index (χ1n) is 8.46. The Morgan fingerprint density at radius 1 is 1.16 bits per heavy atom. The van der Waals surface area contributed by atoms with Gasteiger partial charge in [-0.05, 0) is 42.5 Å². The molecule has 1 saturated heterocycles. The molecular weight excluding hydrogens is 314 g/mol. The van der Waals surface area contributed by atoms with Crippen molar-refractivity contribution >= 4 is 11.6 Å². The van der Waals surface area contributed by atoms with Gasteiger partial charge in [-0.1, -0.05) is 6.07 Å². The zero-order valence-electron chi connectivity index (χ0n) is 14.2. The van der Waals surface area contributed by atoms with Gasteiger partial charge in [-0.2, -0.15) is 0 Å². The molecule has 1 aliphatic heterocycles. The van der Waals surface area contributed by atoms with Gasteiger partial charge in [0.2, 0.25) is 0 Å². The van der Waals surface area contributed by atoms with Crippen molar-refractivity contribution in [3.8, 4) is 11.5 Å². The fourth-order valence-electron chi connectivity index (χ4n) is 3.32. The fourth-order valence-corrected chi connectivity index (χ4v) is 3.32. The zero-order valence-corrected chi connectivity index (χ0v) is 14.2. The molecule has 7 nitrogen and oxygen atoms in total. The average molecular weight is 335 g/mol. The van der Waals surface area contributed by atoms with Crippen molar-refractivity contribution in [2.75, 3.05) is 23.7 Å². The van der Waals surface area contributed by atoms with Gasteiger partial charge in [0.05, 0.1) is 0 Å². The Morgan fingerprint density at radius 2 is 2.08 bits per heavy atom. The maximum atomic E-state index is 5.65. The lowest BCUT2D eigenvalue weighted by Gasteiger charge is -2.17. The van der Waals surface area contributed by atoms with E-state index in [-0.39, 0.29) is 0 Å².